The molecular weight excluding hydrogens is 339 g/mol. The number of anilines is 1. The normalized spacial score (nSPS) is 10.2. The van der Waals surface area contributed by atoms with Crippen molar-refractivity contribution in [2.45, 2.75) is 0 Å². The van der Waals surface area contributed by atoms with Crippen molar-refractivity contribution >= 4 is 50.9 Å². The fourth-order valence-corrected chi connectivity index (χ4v) is 1.91. The monoisotopic (exact) mass is 344 g/mol. The highest BCUT2D eigenvalue weighted by atomic mass is 79.9. The lowest BCUT2D eigenvalue weighted by Crippen LogP contribution is -2.13. The van der Waals surface area contributed by atoms with E-state index in [1.54, 1.807) is 30.5 Å². The van der Waals surface area contributed by atoms with Gasteiger partial charge >= 0.3 is 0 Å². The minimum absolute atomic E-state index is 0.314. The van der Waals surface area contributed by atoms with Gasteiger partial charge in [0.15, 0.2) is 0 Å². The molecule has 18 heavy (non-hydrogen) atoms. The van der Waals surface area contributed by atoms with Crippen LogP contribution < -0.4 is 5.32 Å². The Balaban J connectivity index is 2.21. The van der Waals surface area contributed by atoms with Gasteiger partial charge in [0, 0.05) is 15.7 Å². The van der Waals surface area contributed by atoms with E-state index in [2.05, 4.69) is 26.2 Å². The van der Waals surface area contributed by atoms with Crippen molar-refractivity contribution in [3.8, 4) is 0 Å². The Morgan fingerprint density at radius 2 is 2.00 bits per heavy atom. The predicted octanol–water partition coefficient (Wildman–Crippen LogP) is 4.40. The SMILES string of the molecule is O=C(Nc1ccc(Br)cn1)c1cc(Cl)ccc1Cl. The van der Waals surface area contributed by atoms with Crippen LogP contribution in [0.3, 0.4) is 0 Å². The zero-order chi connectivity index (χ0) is 13.1. The van der Waals surface area contributed by atoms with E-state index in [9.17, 15) is 4.79 Å². The number of benzene rings is 1. The Labute approximate surface area is 122 Å². The molecule has 0 bridgehead atoms. The van der Waals surface area contributed by atoms with Gasteiger partial charge in [-0.15, -0.1) is 0 Å². The van der Waals surface area contributed by atoms with Crippen LogP contribution in [0.1, 0.15) is 10.4 Å². The molecular formula is C12H7BrCl2N2O. The second-order valence-electron chi connectivity index (χ2n) is 3.44. The first-order valence-electron chi connectivity index (χ1n) is 4.94. The summed E-state index contributed by atoms with van der Waals surface area (Å²) in [6.45, 7) is 0. The van der Waals surface area contributed by atoms with Gasteiger partial charge in [-0.3, -0.25) is 4.79 Å². The van der Waals surface area contributed by atoms with E-state index < -0.39 is 0 Å². The van der Waals surface area contributed by atoms with Gasteiger partial charge in [-0.25, -0.2) is 4.98 Å². The van der Waals surface area contributed by atoms with Crippen molar-refractivity contribution in [1.29, 1.82) is 0 Å². The maximum atomic E-state index is 12.0. The highest BCUT2D eigenvalue weighted by Gasteiger charge is 2.11. The molecule has 1 aromatic heterocycles. The fourth-order valence-electron chi connectivity index (χ4n) is 1.30. The molecule has 0 fully saturated rings. The molecule has 1 heterocycles. The third-order valence-corrected chi connectivity index (χ3v) is 3.18. The Kier molecular flexibility index (Phi) is 4.22. The summed E-state index contributed by atoms with van der Waals surface area (Å²) in [6, 6.07) is 8.17. The van der Waals surface area contributed by atoms with Crippen LogP contribution in [0.25, 0.3) is 0 Å². The molecule has 0 saturated carbocycles. The predicted molar refractivity (Wildman–Crippen MR) is 76.4 cm³/mol. The lowest BCUT2D eigenvalue weighted by molar-refractivity contribution is 0.102. The second kappa shape index (κ2) is 5.69. The summed E-state index contributed by atoms with van der Waals surface area (Å²) in [4.78, 5) is 16.0. The first-order valence-corrected chi connectivity index (χ1v) is 6.49. The molecule has 2 rings (SSSR count). The zero-order valence-electron chi connectivity index (χ0n) is 8.95. The second-order valence-corrected chi connectivity index (χ2v) is 5.20. The minimum atomic E-state index is -0.350. The molecule has 0 saturated heterocycles. The van der Waals surface area contributed by atoms with E-state index in [4.69, 9.17) is 23.2 Å². The number of rotatable bonds is 2. The first-order chi connectivity index (χ1) is 8.56. The average Bonchev–Trinajstić information content (AvgIpc) is 2.35. The Morgan fingerprint density at radius 1 is 1.22 bits per heavy atom. The molecule has 0 atom stereocenters. The van der Waals surface area contributed by atoms with E-state index >= 15 is 0 Å². The third kappa shape index (κ3) is 3.22. The maximum absolute atomic E-state index is 12.0. The largest absolute Gasteiger partial charge is 0.307 e. The van der Waals surface area contributed by atoms with Gasteiger partial charge < -0.3 is 5.32 Å². The number of nitrogens with zero attached hydrogens (tertiary/aromatic N) is 1. The maximum Gasteiger partial charge on any atom is 0.258 e. The Morgan fingerprint density at radius 3 is 2.67 bits per heavy atom. The van der Waals surface area contributed by atoms with Gasteiger partial charge in [0.1, 0.15) is 5.82 Å². The van der Waals surface area contributed by atoms with Crippen LogP contribution in [-0.2, 0) is 0 Å². The number of carbonyl (C=O) groups excluding carboxylic acids is 1. The van der Waals surface area contributed by atoms with Gasteiger partial charge in [0.25, 0.3) is 5.91 Å². The molecule has 0 unspecified atom stereocenters. The van der Waals surface area contributed by atoms with Gasteiger partial charge in [-0.1, -0.05) is 23.2 Å². The van der Waals surface area contributed by atoms with Crippen molar-refractivity contribution < 1.29 is 4.79 Å². The van der Waals surface area contributed by atoms with Gasteiger partial charge in [0.2, 0.25) is 0 Å². The molecule has 2 aromatic rings. The molecule has 6 heteroatoms. The lowest BCUT2D eigenvalue weighted by atomic mass is 10.2. The summed E-state index contributed by atoms with van der Waals surface area (Å²) in [7, 11) is 0. The summed E-state index contributed by atoms with van der Waals surface area (Å²) in [6.07, 6.45) is 1.59. The van der Waals surface area contributed by atoms with Crippen molar-refractivity contribution in [1.82, 2.24) is 4.98 Å². The van der Waals surface area contributed by atoms with Crippen LogP contribution in [0.15, 0.2) is 41.0 Å². The number of pyridine rings is 1. The van der Waals surface area contributed by atoms with Gasteiger partial charge in [0.05, 0.1) is 10.6 Å². The zero-order valence-corrected chi connectivity index (χ0v) is 12.1. The van der Waals surface area contributed by atoms with Crippen LogP contribution >= 0.6 is 39.1 Å². The smallest absolute Gasteiger partial charge is 0.258 e. The van der Waals surface area contributed by atoms with Gasteiger partial charge in [-0.2, -0.15) is 0 Å². The minimum Gasteiger partial charge on any atom is -0.307 e. The summed E-state index contributed by atoms with van der Waals surface area (Å²) in [5.41, 5.74) is 0.314. The molecule has 92 valence electrons. The number of hydrogen-bond acceptors (Lipinski definition) is 2. The van der Waals surface area contributed by atoms with Crippen LogP contribution in [0.2, 0.25) is 10.0 Å². The molecule has 1 aromatic carbocycles. The molecule has 0 aliphatic carbocycles. The first kappa shape index (κ1) is 13.3. The Bertz CT molecular complexity index is 587. The third-order valence-electron chi connectivity index (χ3n) is 2.14. The van der Waals surface area contributed by atoms with Crippen LogP contribution in [0.5, 0.6) is 0 Å². The molecule has 0 spiro atoms. The van der Waals surface area contributed by atoms with E-state index in [0.717, 1.165) is 4.47 Å². The number of aromatic nitrogens is 1. The summed E-state index contributed by atoms with van der Waals surface area (Å²) >= 11 is 15.0. The number of hydrogen-bond donors (Lipinski definition) is 1. The molecule has 0 aliphatic rings. The standard InChI is InChI=1S/C12H7BrCl2N2O/c13-7-1-4-11(16-6-7)17-12(18)9-5-8(14)2-3-10(9)15/h1-6H,(H,16,17,18). The van der Waals surface area contributed by atoms with E-state index in [0.29, 0.717) is 21.4 Å². The number of halogens is 3. The van der Waals surface area contributed by atoms with Crippen molar-refractivity contribution in [2.75, 3.05) is 5.32 Å². The van der Waals surface area contributed by atoms with Gasteiger partial charge in [-0.05, 0) is 46.3 Å². The van der Waals surface area contributed by atoms with Crippen LogP contribution in [0.4, 0.5) is 5.82 Å². The summed E-state index contributed by atoms with van der Waals surface area (Å²) in [5.74, 6) is 0.0940. The van der Waals surface area contributed by atoms with Crippen molar-refractivity contribution in [2.24, 2.45) is 0 Å². The number of carbonyl (C=O) groups is 1. The molecule has 0 radical (unpaired) electrons. The van der Waals surface area contributed by atoms with Crippen LogP contribution in [0, 0.1) is 0 Å². The average molecular weight is 346 g/mol. The van der Waals surface area contributed by atoms with Crippen molar-refractivity contribution in [3.63, 3.8) is 0 Å². The lowest BCUT2D eigenvalue weighted by Gasteiger charge is -2.06. The number of amides is 1. The van der Waals surface area contributed by atoms with Crippen molar-refractivity contribution in [3.05, 3.63) is 56.6 Å². The highest BCUT2D eigenvalue weighted by Crippen LogP contribution is 2.21. The summed E-state index contributed by atoms with van der Waals surface area (Å²) < 4.78 is 0.835. The molecule has 1 N–H and O–H groups in total. The topological polar surface area (TPSA) is 42.0 Å². The van der Waals surface area contributed by atoms with Crippen LogP contribution in [-0.4, -0.2) is 10.9 Å². The highest BCUT2D eigenvalue weighted by molar-refractivity contribution is 9.10. The molecule has 1 amide bonds. The fraction of sp³-hybridized carbons (Fsp3) is 0. The van der Waals surface area contributed by atoms with E-state index in [1.807, 2.05) is 0 Å². The quantitative estimate of drug-likeness (QED) is 0.876. The number of nitrogens with one attached hydrogen (secondary N) is 1. The Hall–Kier alpha value is -1.10. The molecule has 3 nitrogen and oxygen atoms in total. The summed E-state index contributed by atoms with van der Waals surface area (Å²) in [5, 5.41) is 3.43. The molecule has 0 aliphatic heterocycles. The van der Waals surface area contributed by atoms with E-state index in [1.165, 1.54) is 6.07 Å². The van der Waals surface area contributed by atoms with E-state index in [-0.39, 0.29) is 5.91 Å².